The summed E-state index contributed by atoms with van der Waals surface area (Å²) in [6, 6.07) is 15.2. The lowest BCUT2D eigenvalue weighted by atomic mass is 9.98. The van der Waals surface area contributed by atoms with Gasteiger partial charge in [0.25, 0.3) is 0 Å². The summed E-state index contributed by atoms with van der Waals surface area (Å²) in [6.07, 6.45) is 1.54. The molecule has 3 N–H and O–H groups in total. The number of hydrogen-bond donors (Lipinski definition) is 3. The van der Waals surface area contributed by atoms with E-state index < -0.39 is 29.9 Å². The van der Waals surface area contributed by atoms with Gasteiger partial charge in [0.2, 0.25) is 5.91 Å². The lowest BCUT2D eigenvalue weighted by Crippen LogP contribution is -2.49. The Bertz CT molecular complexity index is 1150. The van der Waals surface area contributed by atoms with Crippen molar-refractivity contribution < 1.29 is 24.2 Å². The maximum Gasteiger partial charge on any atom is 0.407 e. The maximum absolute atomic E-state index is 12.8. The lowest BCUT2D eigenvalue weighted by molar-refractivity contribution is -0.141. The van der Waals surface area contributed by atoms with Gasteiger partial charge in [-0.3, -0.25) is 14.6 Å². The molecule has 8 nitrogen and oxygen atoms in total. The van der Waals surface area contributed by atoms with E-state index in [1.807, 2.05) is 36.4 Å². The quantitative estimate of drug-likeness (QED) is 0.395. The molecule has 0 spiro atoms. The molecule has 1 aliphatic carbocycles. The van der Waals surface area contributed by atoms with Crippen LogP contribution in [-0.4, -0.2) is 47.3 Å². The fourth-order valence-corrected chi connectivity index (χ4v) is 4.93. The zero-order valence-corrected chi connectivity index (χ0v) is 20.1. The number of benzene rings is 2. The van der Waals surface area contributed by atoms with Crippen molar-refractivity contribution in [3.63, 3.8) is 0 Å². The van der Waals surface area contributed by atoms with Gasteiger partial charge in [-0.25, -0.2) is 4.79 Å². The second-order valence-corrected chi connectivity index (χ2v) is 9.35. The average Bonchev–Trinajstić information content (AvgIpc) is 3.48. The van der Waals surface area contributed by atoms with Crippen LogP contribution in [0.15, 0.2) is 60.2 Å². The molecule has 9 heteroatoms. The first-order chi connectivity index (χ1) is 17.0. The number of nitrogens with one attached hydrogen (secondary N) is 2. The van der Waals surface area contributed by atoms with Crippen molar-refractivity contribution in [3.8, 4) is 11.1 Å². The number of hydrogen-bond acceptors (Lipinski definition) is 6. The zero-order chi connectivity index (χ0) is 24.8. The van der Waals surface area contributed by atoms with E-state index in [0.29, 0.717) is 6.42 Å². The van der Waals surface area contributed by atoms with Crippen LogP contribution in [0.2, 0.25) is 0 Å². The average molecular weight is 494 g/mol. The van der Waals surface area contributed by atoms with Gasteiger partial charge >= 0.3 is 12.1 Å². The van der Waals surface area contributed by atoms with Gasteiger partial charge in [-0.15, -0.1) is 11.3 Å². The van der Waals surface area contributed by atoms with Gasteiger partial charge in [-0.05, 0) is 28.7 Å². The molecule has 0 bridgehead atoms. The number of nitrogens with zero attached hydrogens (tertiary/aromatic N) is 1. The number of fused-ring (bicyclic) bond motifs is 3. The number of aliphatic carboxylic acids is 1. The number of alkyl carbamates (subject to hydrolysis) is 1. The molecule has 4 rings (SSSR count). The van der Waals surface area contributed by atoms with Crippen molar-refractivity contribution in [1.29, 1.82) is 0 Å². The number of amides is 2. The zero-order valence-electron chi connectivity index (χ0n) is 19.3. The number of thiazole rings is 1. The molecule has 182 valence electrons. The standard InChI is InChI=1S/C26H27N3O5S/c1-2-16(25(31)32)12-28-24(30)23(11-17-13-27-15-35-17)29-26(33)34-14-22-20-9-5-3-7-18(20)19-8-4-6-10-21(19)22/h3-10,13,15-16,22-23H,2,11-12,14H2,1H3,(H,28,30)(H,29,33)(H,31,32). The predicted molar refractivity (Wildman–Crippen MR) is 132 cm³/mol. The molecule has 35 heavy (non-hydrogen) atoms. The lowest BCUT2D eigenvalue weighted by Gasteiger charge is -2.20. The molecular weight excluding hydrogens is 466 g/mol. The van der Waals surface area contributed by atoms with Crippen LogP contribution in [0.25, 0.3) is 11.1 Å². The van der Waals surface area contributed by atoms with Gasteiger partial charge in [0.1, 0.15) is 12.6 Å². The number of aromatic nitrogens is 1. The van der Waals surface area contributed by atoms with Crippen molar-refractivity contribution in [2.75, 3.05) is 13.2 Å². The monoisotopic (exact) mass is 493 g/mol. The van der Waals surface area contributed by atoms with E-state index in [2.05, 4.69) is 27.8 Å². The molecule has 0 aliphatic heterocycles. The minimum Gasteiger partial charge on any atom is -0.481 e. The third-order valence-corrected chi connectivity index (χ3v) is 7.01. The van der Waals surface area contributed by atoms with E-state index in [9.17, 15) is 19.5 Å². The van der Waals surface area contributed by atoms with Gasteiger partial charge in [0.15, 0.2) is 0 Å². The SMILES string of the molecule is CCC(CNC(=O)C(Cc1cncs1)NC(=O)OCC1c2ccccc2-c2ccccc21)C(=O)O. The first-order valence-electron chi connectivity index (χ1n) is 11.5. The normalized spacial score (nSPS) is 13.9. The highest BCUT2D eigenvalue weighted by atomic mass is 32.1. The first-order valence-corrected chi connectivity index (χ1v) is 12.3. The van der Waals surface area contributed by atoms with Crippen LogP contribution in [-0.2, 0) is 20.7 Å². The highest BCUT2D eigenvalue weighted by Crippen LogP contribution is 2.44. The van der Waals surface area contributed by atoms with Crippen molar-refractivity contribution in [3.05, 3.63) is 76.2 Å². The highest BCUT2D eigenvalue weighted by Gasteiger charge is 2.30. The number of ether oxygens (including phenoxy) is 1. The summed E-state index contributed by atoms with van der Waals surface area (Å²) < 4.78 is 5.59. The maximum atomic E-state index is 12.8. The smallest absolute Gasteiger partial charge is 0.407 e. The van der Waals surface area contributed by atoms with Crippen molar-refractivity contribution in [2.45, 2.75) is 31.7 Å². The van der Waals surface area contributed by atoms with E-state index in [-0.39, 0.29) is 25.5 Å². The summed E-state index contributed by atoms with van der Waals surface area (Å²) in [5, 5.41) is 14.5. The largest absolute Gasteiger partial charge is 0.481 e. The minimum absolute atomic E-state index is 0.0176. The van der Waals surface area contributed by atoms with E-state index >= 15 is 0 Å². The summed E-state index contributed by atoms with van der Waals surface area (Å²) in [4.78, 5) is 41.7. The van der Waals surface area contributed by atoms with Gasteiger partial charge in [-0.1, -0.05) is 55.5 Å². The Morgan fingerprint density at radius 1 is 1.09 bits per heavy atom. The summed E-state index contributed by atoms with van der Waals surface area (Å²) in [7, 11) is 0. The molecule has 3 aromatic rings. The summed E-state index contributed by atoms with van der Waals surface area (Å²) in [5.74, 6) is -2.23. The van der Waals surface area contributed by atoms with Crippen LogP contribution < -0.4 is 10.6 Å². The molecule has 2 atom stereocenters. The molecule has 0 saturated heterocycles. The van der Waals surface area contributed by atoms with E-state index in [1.165, 1.54) is 11.3 Å². The van der Waals surface area contributed by atoms with Gasteiger partial charge in [0.05, 0.1) is 11.4 Å². The number of carboxylic acid groups (broad SMARTS) is 1. The molecule has 0 saturated carbocycles. The molecule has 1 heterocycles. The molecule has 1 aliphatic rings. The molecular formula is C26H27N3O5S. The fourth-order valence-electron chi connectivity index (χ4n) is 4.29. The van der Waals surface area contributed by atoms with Crippen molar-refractivity contribution in [2.24, 2.45) is 5.92 Å². The van der Waals surface area contributed by atoms with Crippen LogP contribution in [0.4, 0.5) is 4.79 Å². The molecule has 2 unspecified atom stereocenters. The Morgan fingerprint density at radius 3 is 2.31 bits per heavy atom. The van der Waals surface area contributed by atoms with Crippen LogP contribution in [0.3, 0.4) is 0 Å². The molecule has 0 radical (unpaired) electrons. The fraction of sp³-hybridized carbons (Fsp3) is 0.308. The van der Waals surface area contributed by atoms with Gasteiger partial charge in [0, 0.05) is 30.0 Å². The first kappa shape index (κ1) is 24.4. The minimum atomic E-state index is -0.976. The third kappa shape index (κ3) is 5.68. The second-order valence-electron chi connectivity index (χ2n) is 8.38. The number of rotatable bonds is 10. The van der Waals surface area contributed by atoms with Crippen LogP contribution in [0.1, 0.15) is 35.3 Å². The Labute approximate surface area is 207 Å². The number of carbonyl (C=O) groups excluding carboxylic acids is 2. The van der Waals surface area contributed by atoms with E-state index in [1.54, 1.807) is 18.6 Å². The Hall–Kier alpha value is -3.72. The van der Waals surface area contributed by atoms with E-state index in [0.717, 1.165) is 27.1 Å². The Balaban J connectivity index is 1.41. The topological polar surface area (TPSA) is 118 Å². The van der Waals surface area contributed by atoms with Crippen molar-refractivity contribution in [1.82, 2.24) is 15.6 Å². The predicted octanol–water partition coefficient (Wildman–Crippen LogP) is 3.82. The van der Waals surface area contributed by atoms with Gasteiger partial charge in [-0.2, -0.15) is 0 Å². The third-order valence-electron chi connectivity index (χ3n) is 6.21. The van der Waals surface area contributed by atoms with Crippen LogP contribution in [0.5, 0.6) is 0 Å². The molecule has 1 aromatic heterocycles. The molecule has 2 amide bonds. The van der Waals surface area contributed by atoms with Crippen molar-refractivity contribution >= 4 is 29.3 Å². The Morgan fingerprint density at radius 2 is 1.74 bits per heavy atom. The number of carbonyl (C=O) groups is 3. The molecule has 0 fully saturated rings. The molecule has 2 aromatic carbocycles. The Kier molecular flexibility index (Phi) is 7.77. The summed E-state index contributed by atoms with van der Waals surface area (Å²) >= 11 is 1.37. The van der Waals surface area contributed by atoms with Gasteiger partial charge < -0.3 is 20.5 Å². The van der Waals surface area contributed by atoms with Crippen LogP contribution in [0, 0.1) is 5.92 Å². The summed E-state index contributed by atoms with van der Waals surface area (Å²) in [5.41, 5.74) is 6.10. The van der Waals surface area contributed by atoms with E-state index in [4.69, 9.17) is 4.74 Å². The van der Waals surface area contributed by atoms with Crippen LogP contribution >= 0.6 is 11.3 Å². The summed E-state index contributed by atoms with van der Waals surface area (Å²) in [6.45, 7) is 1.86. The second kappa shape index (κ2) is 11.1. The number of carboxylic acids is 1. The highest BCUT2D eigenvalue weighted by molar-refractivity contribution is 7.09.